The number of ether oxygens (including phenoxy) is 1. The van der Waals surface area contributed by atoms with Crippen LogP contribution in [-0.2, 0) is 16.0 Å². The standard InChI is InChI=1S/C15H18N2O4/c16-15(14(19)20)5-6-17(9-15)13(18)11-7-10-3-1-2-4-12(10)21-8-11/h1-4,11H,5-9,16H2,(H,19,20). The second-order valence-electron chi connectivity index (χ2n) is 5.79. The Balaban J connectivity index is 1.69. The van der Waals surface area contributed by atoms with Crippen LogP contribution >= 0.6 is 0 Å². The summed E-state index contributed by atoms with van der Waals surface area (Å²) in [5, 5.41) is 9.12. The van der Waals surface area contributed by atoms with E-state index in [9.17, 15) is 9.59 Å². The van der Waals surface area contributed by atoms with Crippen molar-refractivity contribution in [2.24, 2.45) is 11.7 Å². The number of amides is 1. The van der Waals surface area contributed by atoms with E-state index in [1.807, 2.05) is 24.3 Å². The van der Waals surface area contributed by atoms with E-state index in [2.05, 4.69) is 0 Å². The Morgan fingerprint density at radius 1 is 1.38 bits per heavy atom. The van der Waals surface area contributed by atoms with Gasteiger partial charge >= 0.3 is 5.97 Å². The zero-order chi connectivity index (χ0) is 15.0. The topological polar surface area (TPSA) is 92.9 Å². The summed E-state index contributed by atoms with van der Waals surface area (Å²) in [6, 6.07) is 7.65. The van der Waals surface area contributed by atoms with Crippen molar-refractivity contribution >= 4 is 11.9 Å². The number of carbonyl (C=O) groups is 2. The van der Waals surface area contributed by atoms with Crippen molar-refractivity contribution < 1.29 is 19.4 Å². The molecule has 2 heterocycles. The quantitative estimate of drug-likeness (QED) is 0.814. The van der Waals surface area contributed by atoms with Crippen LogP contribution in [0.15, 0.2) is 24.3 Å². The average Bonchev–Trinajstić information content (AvgIpc) is 2.90. The molecule has 1 amide bonds. The summed E-state index contributed by atoms with van der Waals surface area (Å²) in [7, 11) is 0. The molecule has 6 nitrogen and oxygen atoms in total. The third-order valence-corrected chi connectivity index (χ3v) is 4.27. The predicted molar refractivity (Wildman–Crippen MR) is 74.9 cm³/mol. The molecule has 3 N–H and O–H groups in total. The molecule has 1 aromatic carbocycles. The average molecular weight is 290 g/mol. The SMILES string of the molecule is NC1(C(=O)O)CCN(C(=O)C2COc3ccccc3C2)C1. The van der Waals surface area contributed by atoms with E-state index in [-0.39, 0.29) is 24.8 Å². The molecule has 21 heavy (non-hydrogen) atoms. The number of fused-ring (bicyclic) bond motifs is 1. The van der Waals surface area contributed by atoms with Crippen molar-refractivity contribution in [2.45, 2.75) is 18.4 Å². The number of hydrogen-bond donors (Lipinski definition) is 2. The molecule has 112 valence electrons. The highest BCUT2D eigenvalue weighted by molar-refractivity contribution is 5.84. The first-order valence-corrected chi connectivity index (χ1v) is 7.01. The Morgan fingerprint density at radius 2 is 2.14 bits per heavy atom. The molecule has 2 unspecified atom stereocenters. The summed E-state index contributed by atoms with van der Waals surface area (Å²) < 4.78 is 5.62. The number of nitrogens with zero attached hydrogens (tertiary/aromatic N) is 1. The summed E-state index contributed by atoms with van der Waals surface area (Å²) in [5.74, 6) is -0.571. The van der Waals surface area contributed by atoms with E-state index >= 15 is 0 Å². The highest BCUT2D eigenvalue weighted by atomic mass is 16.5. The third kappa shape index (κ3) is 2.47. The number of hydrogen-bond acceptors (Lipinski definition) is 4. The smallest absolute Gasteiger partial charge is 0.325 e. The molecule has 0 aliphatic carbocycles. The number of likely N-dealkylation sites (tertiary alicyclic amines) is 1. The number of carboxylic acids is 1. The third-order valence-electron chi connectivity index (χ3n) is 4.27. The predicted octanol–water partition coefficient (Wildman–Crippen LogP) is 0.252. The normalized spacial score (nSPS) is 27.9. The number of rotatable bonds is 2. The minimum absolute atomic E-state index is 0.0688. The minimum atomic E-state index is -1.32. The fourth-order valence-electron chi connectivity index (χ4n) is 2.94. The first-order valence-electron chi connectivity index (χ1n) is 7.01. The first kappa shape index (κ1) is 13.9. The van der Waals surface area contributed by atoms with E-state index in [0.717, 1.165) is 11.3 Å². The molecule has 1 saturated heterocycles. The molecule has 0 spiro atoms. The number of carboxylic acid groups (broad SMARTS) is 1. The van der Waals surface area contributed by atoms with Crippen molar-refractivity contribution in [3.63, 3.8) is 0 Å². The van der Waals surface area contributed by atoms with Gasteiger partial charge in [-0.25, -0.2) is 0 Å². The Kier molecular flexibility index (Phi) is 3.33. The number of benzene rings is 1. The monoisotopic (exact) mass is 290 g/mol. The van der Waals surface area contributed by atoms with Crippen LogP contribution in [0.25, 0.3) is 0 Å². The largest absolute Gasteiger partial charge is 0.492 e. The lowest BCUT2D eigenvalue weighted by Gasteiger charge is -2.28. The highest BCUT2D eigenvalue weighted by Crippen LogP contribution is 2.29. The summed E-state index contributed by atoms with van der Waals surface area (Å²) in [6.45, 7) is 0.788. The van der Waals surface area contributed by atoms with Gasteiger partial charge in [-0.2, -0.15) is 0 Å². The van der Waals surface area contributed by atoms with Gasteiger partial charge in [0.15, 0.2) is 0 Å². The molecule has 2 aliphatic heterocycles. The highest BCUT2D eigenvalue weighted by Gasteiger charge is 2.44. The first-order chi connectivity index (χ1) is 9.99. The van der Waals surface area contributed by atoms with Crippen LogP contribution in [0.3, 0.4) is 0 Å². The molecule has 3 rings (SSSR count). The Morgan fingerprint density at radius 3 is 2.86 bits per heavy atom. The van der Waals surface area contributed by atoms with Crippen LogP contribution in [0.2, 0.25) is 0 Å². The Labute approximate surface area is 122 Å². The van der Waals surface area contributed by atoms with Crippen molar-refractivity contribution in [2.75, 3.05) is 19.7 Å². The van der Waals surface area contributed by atoms with E-state index in [4.69, 9.17) is 15.6 Å². The lowest BCUT2D eigenvalue weighted by molar-refractivity contribution is -0.143. The lowest BCUT2D eigenvalue weighted by Crippen LogP contribution is -2.51. The molecular weight excluding hydrogens is 272 g/mol. The van der Waals surface area contributed by atoms with Gasteiger partial charge in [-0.1, -0.05) is 18.2 Å². The van der Waals surface area contributed by atoms with Gasteiger partial charge in [0.05, 0.1) is 5.92 Å². The van der Waals surface area contributed by atoms with Gasteiger partial charge in [-0.15, -0.1) is 0 Å². The molecule has 0 radical (unpaired) electrons. The van der Waals surface area contributed by atoms with Crippen LogP contribution in [0, 0.1) is 5.92 Å². The molecule has 1 aromatic rings. The van der Waals surface area contributed by atoms with Crippen molar-refractivity contribution in [1.82, 2.24) is 4.90 Å². The maximum absolute atomic E-state index is 12.5. The van der Waals surface area contributed by atoms with Crippen molar-refractivity contribution in [3.8, 4) is 5.75 Å². The van der Waals surface area contributed by atoms with Gasteiger partial charge in [0.1, 0.15) is 17.9 Å². The van der Waals surface area contributed by atoms with E-state index in [1.54, 1.807) is 4.90 Å². The molecule has 0 bridgehead atoms. The van der Waals surface area contributed by atoms with E-state index in [1.165, 1.54) is 0 Å². The van der Waals surface area contributed by atoms with Crippen molar-refractivity contribution in [1.29, 1.82) is 0 Å². The van der Waals surface area contributed by atoms with Gasteiger partial charge in [-0.3, -0.25) is 9.59 Å². The van der Waals surface area contributed by atoms with E-state index < -0.39 is 11.5 Å². The lowest BCUT2D eigenvalue weighted by atomic mass is 9.95. The van der Waals surface area contributed by atoms with Gasteiger partial charge in [0.25, 0.3) is 0 Å². The Bertz CT molecular complexity index is 589. The number of para-hydroxylation sites is 1. The second-order valence-corrected chi connectivity index (χ2v) is 5.79. The fourth-order valence-corrected chi connectivity index (χ4v) is 2.94. The molecule has 6 heteroatoms. The zero-order valence-corrected chi connectivity index (χ0v) is 11.6. The number of nitrogens with two attached hydrogens (primary N) is 1. The van der Waals surface area contributed by atoms with Gasteiger partial charge in [-0.05, 0) is 24.5 Å². The number of carbonyl (C=O) groups excluding carboxylic acids is 1. The summed E-state index contributed by atoms with van der Waals surface area (Å²) in [6.07, 6.45) is 0.911. The maximum atomic E-state index is 12.5. The minimum Gasteiger partial charge on any atom is -0.492 e. The van der Waals surface area contributed by atoms with Gasteiger partial charge < -0.3 is 20.5 Å². The molecule has 2 aliphatic rings. The molecule has 2 atom stereocenters. The molecule has 0 saturated carbocycles. The van der Waals surface area contributed by atoms with E-state index in [0.29, 0.717) is 19.6 Å². The van der Waals surface area contributed by atoms with Crippen LogP contribution in [0.1, 0.15) is 12.0 Å². The number of aliphatic carboxylic acids is 1. The molecule has 0 aromatic heterocycles. The zero-order valence-electron chi connectivity index (χ0n) is 11.6. The van der Waals surface area contributed by atoms with Gasteiger partial charge in [0, 0.05) is 13.1 Å². The van der Waals surface area contributed by atoms with Crippen molar-refractivity contribution in [3.05, 3.63) is 29.8 Å². The molecular formula is C15H18N2O4. The summed E-state index contributed by atoms with van der Waals surface area (Å²) in [5.41, 5.74) is 5.51. The van der Waals surface area contributed by atoms with Crippen LogP contribution in [-0.4, -0.2) is 47.1 Å². The fraction of sp³-hybridized carbons (Fsp3) is 0.467. The summed E-state index contributed by atoms with van der Waals surface area (Å²) in [4.78, 5) is 25.2. The Hall–Kier alpha value is -2.08. The van der Waals surface area contributed by atoms with Crippen LogP contribution in [0.4, 0.5) is 0 Å². The van der Waals surface area contributed by atoms with Crippen LogP contribution in [0.5, 0.6) is 5.75 Å². The second kappa shape index (κ2) is 5.04. The summed E-state index contributed by atoms with van der Waals surface area (Å²) >= 11 is 0. The van der Waals surface area contributed by atoms with Crippen LogP contribution < -0.4 is 10.5 Å². The van der Waals surface area contributed by atoms with Gasteiger partial charge in [0.2, 0.25) is 5.91 Å². The maximum Gasteiger partial charge on any atom is 0.325 e. The molecule has 1 fully saturated rings.